The van der Waals surface area contributed by atoms with Crippen molar-refractivity contribution >= 4 is 17.5 Å². The van der Waals surface area contributed by atoms with Crippen molar-refractivity contribution in [1.29, 1.82) is 0 Å². The summed E-state index contributed by atoms with van der Waals surface area (Å²) in [6, 6.07) is 3.24. The maximum atomic E-state index is 11.9. The highest BCUT2D eigenvalue weighted by atomic mass is 16.2. The van der Waals surface area contributed by atoms with Gasteiger partial charge in [-0.25, -0.2) is 4.98 Å². The summed E-state index contributed by atoms with van der Waals surface area (Å²) >= 11 is 0. The van der Waals surface area contributed by atoms with Gasteiger partial charge in [-0.3, -0.25) is 14.3 Å². The largest absolute Gasteiger partial charge is 0.354 e. The fourth-order valence-corrected chi connectivity index (χ4v) is 1.89. The predicted molar refractivity (Wildman–Crippen MR) is 95.2 cm³/mol. The number of aromatic nitrogens is 4. The van der Waals surface area contributed by atoms with E-state index in [9.17, 15) is 9.59 Å². The molecule has 2 aromatic rings. The first-order valence-corrected chi connectivity index (χ1v) is 8.14. The Balaban J connectivity index is 0.00000151. The quantitative estimate of drug-likeness (QED) is 0.632. The van der Waals surface area contributed by atoms with Gasteiger partial charge < -0.3 is 16.0 Å². The van der Waals surface area contributed by atoms with Crippen molar-refractivity contribution in [2.75, 3.05) is 25.5 Å². The molecular formula is C16H25N7O2. The van der Waals surface area contributed by atoms with Crippen LogP contribution in [0.3, 0.4) is 0 Å². The Morgan fingerprint density at radius 1 is 1.24 bits per heavy atom. The molecule has 9 nitrogen and oxygen atoms in total. The van der Waals surface area contributed by atoms with Crippen molar-refractivity contribution in [3.8, 4) is 0 Å². The maximum Gasteiger partial charge on any atom is 0.269 e. The third-order valence-electron chi connectivity index (χ3n) is 3.09. The minimum atomic E-state index is -0.263. The van der Waals surface area contributed by atoms with E-state index < -0.39 is 0 Å². The van der Waals surface area contributed by atoms with Crippen LogP contribution < -0.4 is 16.0 Å². The van der Waals surface area contributed by atoms with Crippen LogP contribution in [0.1, 0.15) is 30.0 Å². The topological polar surface area (TPSA) is 114 Å². The van der Waals surface area contributed by atoms with Crippen LogP contribution in [-0.4, -0.2) is 51.9 Å². The summed E-state index contributed by atoms with van der Waals surface area (Å²) in [7, 11) is 1.54. The van der Waals surface area contributed by atoms with Gasteiger partial charge in [0.1, 0.15) is 5.69 Å². The molecule has 2 amide bonds. The lowest BCUT2D eigenvalue weighted by Crippen LogP contribution is -2.30. The number of hydrogen-bond acceptors (Lipinski definition) is 6. The van der Waals surface area contributed by atoms with E-state index in [-0.39, 0.29) is 18.4 Å². The summed E-state index contributed by atoms with van der Waals surface area (Å²) in [6.07, 6.45) is 3.36. The number of anilines is 1. The number of hydrogen-bond donors (Lipinski definition) is 3. The molecule has 0 fully saturated rings. The van der Waals surface area contributed by atoms with Gasteiger partial charge >= 0.3 is 0 Å². The second-order valence-corrected chi connectivity index (χ2v) is 4.80. The summed E-state index contributed by atoms with van der Waals surface area (Å²) in [6.45, 7) is 7.14. The third kappa shape index (κ3) is 6.68. The van der Waals surface area contributed by atoms with Crippen LogP contribution in [0.25, 0.3) is 0 Å². The SMILES string of the molecule is CC.CNC(=O)c1ccc(NC(=O)CNCCn2ccnn2)c(C)n1. The van der Waals surface area contributed by atoms with Crippen molar-refractivity contribution < 1.29 is 9.59 Å². The van der Waals surface area contributed by atoms with Crippen molar-refractivity contribution in [2.24, 2.45) is 0 Å². The molecule has 25 heavy (non-hydrogen) atoms. The highest BCUT2D eigenvalue weighted by Gasteiger charge is 2.09. The molecule has 0 saturated heterocycles. The van der Waals surface area contributed by atoms with Gasteiger partial charge in [0, 0.05) is 19.8 Å². The molecule has 2 rings (SSSR count). The lowest BCUT2D eigenvalue weighted by molar-refractivity contribution is -0.115. The number of aryl methyl sites for hydroxylation is 1. The monoisotopic (exact) mass is 347 g/mol. The Morgan fingerprint density at radius 3 is 2.60 bits per heavy atom. The minimum Gasteiger partial charge on any atom is -0.354 e. The molecule has 2 aromatic heterocycles. The zero-order valence-electron chi connectivity index (χ0n) is 15.0. The van der Waals surface area contributed by atoms with Crippen molar-refractivity contribution in [3.05, 3.63) is 35.9 Å². The second kappa shape index (κ2) is 10.9. The van der Waals surface area contributed by atoms with Crippen LogP contribution in [-0.2, 0) is 11.3 Å². The summed E-state index contributed by atoms with van der Waals surface area (Å²) < 4.78 is 1.68. The molecule has 0 atom stereocenters. The van der Waals surface area contributed by atoms with E-state index in [4.69, 9.17) is 0 Å². The van der Waals surface area contributed by atoms with E-state index in [1.165, 1.54) is 0 Å². The first-order valence-electron chi connectivity index (χ1n) is 8.14. The predicted octanol–water partition coefficient (Wildman–Crippen LogP) is 0.596. The van der Waals surface area contributed by atoms with Crippen LogP contribution in [0, 0.1) is 6.92 Å². The Labute approximate surface area is 147 Å². The average Bonchev–Trinajstić information content (AvgIpc) is 3.15. The number of nitrogens with zero attached hydrogens (tertiary/aromatic N) is 4. The molecule has 0 aromatic carbocycles. The average molecular weight is 347 g/mol. The zero-order chi connectivity index (χ0) is 18.7. The van der Waals surface area contributed by atoms with E-state index in [0.717, 1.165) is 0 Å². The van der Waals surface area contributed by atoms with Gasteiger partial charge in [-0.1, -0.05) is 19.1 Å². The van der Waals surface area contributed by atoms with E-state index in [0.29, 0.717) is 30.2 Å². The lowest BCUT2D eigenvalue weighted by Gasteiger charge is -2.10. The Hall–Kier alpha value is -2.81. The molecule has 0 saturated carbocycles. The van der Waals surface area contributed by atoms with Crippen molar-refractivity contribution in [3.63, 3.8) is 0 Å². The molecular weight excluding hydrogens is 322 g/mol. The first kappa shape index (κ1) is 20.2. The molecule has 0 unspecified atom stereocenters. The molecule has 2 heterocycles. The van der Waals surface area contributed by atoms with E-state index in [2.05, 4.69) is 31.2 Å². The van der Waals surface area contributed by atoms with Gasteiger partial charge in [-0.15, -0.1) is 5.10 Å². The first-order chi connectivity index (χ1) is 12.1. The molecule has 0 radical (unpaired) electrons. The van der Waals surface area contributed by atoms with Crippen LogP contribution >= 0.6 is 0 Å². The number of nitrogens with one attached hydrogen (secondary N) is 3. The minimum absolute atomic E-state index is 0.172. The summed E-state index contributed by atoms with van der Waals surface area (Å²) in [5, 5.41) is 15.8. The normalized spacial score (nSPS) is 9.76. The van der Waals surface area contributed by atoms with Crippen LogP contribution in [0.4, 0.5) is 5.69 Å². The molecule has 0 bridgehead atoms. The van der Waals surface area contributed by atoms with E-state index >= 15 is 0 Å². The van der Waals surface area contributed by atoms with Gasteiger partial charge in [0.05, 0.1) is 30.7 Å². The third-order valence-corrected chi connectivity index (χ3v) is 3.09. The molecule has 0 aliphatic carbocycles. The summed E-state index contributed by atoms with van der Waals surface area (Å²) in [4.78, 5) is 27.5. The Morgan fingerprint density at radius 2 is 2.00 bits per heavy atom. The van der Waals surface area contributed by atoms with Gasteiger partial charge in [-0.2, -0.15) is 0 Å². The number of pyridine rings is 1. The fraction of sp³-hybridized carbons (Fsp3) is 0.438. The number of amides is 2. The van der Waals surface area contributed by atoms with E-state index in [1.807, 2.05) is 13.8 Å². The van der Waals surface area contributed by atoms with Crippen molar-refractivity contribution in [2.45, 2.75) is 27.3 Å². The van der Waals surface area contributed by atoms with Gasteiger partial charge in [0.2, 0.25) is 5.91 Å². The van der Waals surface area contributed by atoms with Crippen LogP contribution in [0.15, 0.2) is 24.5 Å². The second-order valence-electron chi connectivity index (χ2n) is 4.80. The van der Waals surface area contributed by atoms with E-state index in [1.54, 1.807) is 43.2 Å². The molecule has 3 N–H and O–H groups in total. The Kier molecular flexibility index (Phi) is 8.80. The van der Waals surface area contributed by atoms with Gasteiger partial charge in [0.15, 0.2) is 0 Å². The number of rotatable bonds is 7. The highest BCUT2D eigenvalue weighted by molar-refractivity contribution is 5.95. The standard InChI is InChI=1S/C14H19N7O2.C2H6/c1-10-11(3-4-12(18-10)14(23)15-2)19-13(22)9-16-5-7-21-8-6-17-20-21;1-2/h3-4,6,8,16H,5,7,9H2,1-2H3,(H,15,23)(H,19,22);1-2H3. The molecule has 0 spiro atoms. The number of carbonyl (C=O) groups excluding carboxylic acids is 2. The van der Waals surface area contributed by atoms with Crippen LogP contribution in [0.2, 0.25) is 0 Å². The smallest absolute Gasteiger partial charge is 0.269 e. The molecule has 0 aliphatic heterocycles. The van der Waals surface area contributed by atoms with Gasteiger partial charge in [-0.05, 0) is 19.1 Å². The van der Waals surface area contributed by atoms with Crippen molar-refractivity contribution in [1.82, 2.24) is 30.6 Å². The zero-order valence-corrected chi connectivity index (χ0v) is 15.0. The lowest BCUT2D eigenvalue weighted by atomic mass is 10.2. The fourth-order valence-electron chi connectivity index (χ4n) is 1.89. The van der Waals surface area contributed by atoms with Gasteiger partial charge in [0.25, 0.3) is 5.91 Å². The van der Waals surface area contributed by atoms with Crippen LogP contribution in [0.5, 0.6) is 0 Å². The summed E-state index contributed by atoms with van der Waals surface area (Å²) in [5.74, 6) is -0.443. The molecule has 0 aliphatic rings. The number of carbonyl (C=O) groups is 2. The molecule has 9 heteroatoms. The molecule has 136 valence electrons. The Bertz CT molecular complexity index is 671. The maximum absolute atomic E-state index is 11.9. The highest BCUT2D eigenvalue weighted by Crippen LogP contribution is 2.12. The summed E-state index contributed by atoms with van der Waals surface area (Å²) in [5.41, 5.74) is 1.48.